The van der Waals surface area contributed by atoms with Crippen molar-refractivity contribution in [2.24, 2.45) is 5.73 Å². The zero-order valence-electron chi connectivity index (χ0n) is 7.72. The minimum absolute atomic E-state index is 0.0139. The number of nitrogens with two attached hydrogens (primary N) is 1. The van der Waals surface area contributed by atoms with Crippen LogP contribution in [-0.4, -0.2) is 24.9 Å². The van der Waals surface area contributed by atoms with Crippen molar-refractivity contribution in [3.05, 3.63) is 12.3 Å². The highest BCUT2D eigenvalue weighted by molar-refractivity contribution is 5.84. The molecule has 0 rings (SSSR count). The first-order valence-corrected chi connectivity index (χ1v) is 4.03. The first-order valence-electron chi connectivity index (χ1n) is 4.03. The van der Waals surface area contributed by atoms with Crippen molar-refractivity contribution in [2.75, 3.05) is 13.1 Å². The summed E-state index contributed by atoms with van der Waals surface area (Å²) in [7, 11) is 0. The third kappa shape index (κ3) is 6.86. The van der Waals surface area contributed by atoms with Crippen LogP contribution >= 0.6 is 0 Å². The van der Waals surface area contributed by atoms with Crippen molar-refractivity contribution >= 4 is 11.8 Å². The van der Waals surface area contributed by atoms with E-state index in [4.69, 9.17) is 5.73 Å². The van der Waals surface area contributed by atoms with Crippen molar-refractivity contribution in [3.8, 4) is 0 Å². The van der Waals surface area contributed by atoms with E-state index >= 15 is 0 Å². The molecule has 0 spiro atoms. The van der Waals surface area contributed by atoms with E-state index in [1.165, 1.54) is 0 Å². The highest BCUT2D eigenvalue weighted by Gasteiger charge is 2.02. The first kappa shape index (κ1) is 11.5. The van der Waals surface area contributed by atoms with Gasteiger partial charge < -0.3 is 16.4 Å². The van der Waals surface area contributed by atoms with Gasteiger partial charge >= 0.3 is 0 Å². The summed E-state index contributed by atoms with van der Waals surface area (Å²) in [6.45, 7) is 5.35. The number of hydrogen-bond acceptors (Lipinski definition) is 3. The molecule has 0 aromatic heterocycles. The van der Waals surface area contributed by atoms with Crippen LogP contribution in [0.5, 0.6) is 0 Å². The van der Waals surface area contributed by atoms with Crippen LogP contribution in [-0.2, 0) is 9.59 Å². The summed E-state index contributed by atoms with van der Waals surface area (Å²) in [4.78, 5) is 21.7. The van der Waals surface area contributed by atoms with Crippen LogP contribution in [0, 0.1) is 0 Å². The van der Waals surface area contributed by atoms with Gasteiger partial charge in [0.1, 0.15) is 0 Å². The summed E-state index contributed by atoms with van der Waals surface area (Å²) in [5.74, 6) is -0.421. The molecule has 0 aromatic rings. The van der Waals surface area contributed by atoms with Crippen molar-refractivity contribution in [1.29, 1.82) is 0 Å². The zero-order chi connectivity index (χ0) is 10.3. The van der Waals surface area contributed by atoms with Gasteiger partial charge in [-0.3, -0.25) is 9.59 Å². The van der Waals surface area contributed by atoms with Gasteiger partial charge in [0.15, 0.2) is 0 Å². The Balaban J connectivity index is 3.52. The molecule has 0 aromatic carbocycles. The molecular weight excluding hydrogens is 170 g/mol. The Morgan fingerprint density at radius 2 is 1.77 bits per heavy atom. The molecule has 0 atom stereocenters. The van der Waals surface area contributed by atoms with E-state index in [1.807, 2.05) is 0 Å². The Morgan fingerprint density at radius 3 is 2.23 bits per heavy atom. The van der Waals surface area contributed by atoms with Crippen LogP contribution < -0.4 is 16.4 Å². The fourth-order valence-electron chi connectivity index (χ4n) is 0.578. The van der Waals surface area contributed by atoms with E-state index in [0.29, 0.717) is 12.1 Å². The van der Waals surface area contributed by atoms with Crippen molar-refractivity contribution in [2.45, 2.75) is 13.3 Å². The van der Waals surface area contributed by atoms with Gasteiger partial charge in [0.2, 0.25) is 11.8 Å². The Kier molecular flexibility index (Phi) is 5.34. The Morgan fingerprint density at radius 1 is 1.23 bits per heavy atom. The van der Waals surface area contributed by atoms with Crippen molar-refractivity contribution < 1.29 is 9.59 Å². The number of carbonyl (C=O) groups excluding carboxylic acids is 2. The summed E-state index contributed by atoms with van der Waals surface area (Å²) < 4.78 is 0. The largest absolute Gasteiger partial charge is 0.401 e. The summed E-state index contributed by atoms with van der Waals surface area (Å²) in [5, 5.41) is 4.92. The maximum Gasteiger partial charge on any atom is 0.239 e. The predicted molar refractivity (Wildman–Crippen MR) is 49.6 cm³/mol. The fourth-order valence-corrected chi connectivity index (χ4v) is 0.578. The smallest absolute Gasteiger partial charge is 0.239 e. The molecule has 0 aliphatic heterocycles. The standard InChI is InChI=1S/C8H15N3O2/c1-3-7(12)11-5-8(13)10-4-6(2)9/h2-5,9H2,1H3,(H,10,13)(H,11,12). The zero-order valence-corrected chi connectivity index (χ0v) is 7.72. The Hall–Kier alpha value is -1.52. The molecule has 13 heavy (non-hydrogen) atoms. The monoisotopic (exact) mass is 185 g/mol. The molecule has 5 heteroatoms. The van der Waals surface area contributed by atoms with Crippen LogP contribution in [0.2, 0.25) is 0 Å². The lowest BCUT2D eigenvalue weighted by atomic mass is 10.4. The van der Waals surface area contributed by atoms with E-state index in [1.54, 1.807) is 6.92 Å². The summed E-state index contributed by atoms with van der Waals surface area (Å²) in [5.41, 5.74) is 5.61. The average Bonchev–Trinajstić information content (AvgIpc) is 2.10. The fraction of sp³-hybridized carbons (Fsp3) is 0.500. The van der Waals surface area contributed by atoms with E-state index in [-0.39, 0.29) is 24.9 Å². The molecule has 0 aliphatic rings. The second-order valence-corrected chi connectivity index (χ2v) is 2.57. The van der Waals surface area contributed by atoms with Crippen LogP contribution in [0.15, 0.2) is 12.3 Å². The Labute approximate surface area is 77.4 Å². The van der Waals surface area contributed by atoms with Crippen molar-refractivity contribution in [3.63, 3.8) is 0 Å². The summed E-state index contributed by atoms with van der Waals surface area (Å²) in [6, 6.07) is 0. The van der Waals surface area contributed by atoms with Gasteiger partial charge in [-0.25, -0.2) is 0 Å². The van der Waals surface area contributed by atoms with Gasteiger partial charge in [0.25, 0.3) is 0 Å². The number of amides is 2. The van der Waals surface area contributed by atoms with Crippen LogP contribution in [0.4, 0.5) is 0 Å². The van der Waals surface area contributed by atoms with Gasteiger partial charge in [-0.2, -0.15) is 0 Å². The molecule has 4 N–H and O–H groups in total. The van der Waals surface area contributed by atoms with Gasteiger partial charge in [0.05, 0.1) is 13.1 Å². The van der Waals surface area contributed by atoms with E-state index in [9.17, 15) is 9.59 Å². The lowest BCUT2D eigenvalue weighted by Gasteiger charge is -2.05. The normalized spacial score (nSPS) is 9.00. The molecule has 0 saturated heterocycles. The SMILES string of the molecule is C=C(N)CNC(=O)CNC(=O)CC. The highest BCUT2D eigenvalue weighted by Crippen LogP contribution is 1.75. The lowest BCUT2D eigenvalue weighted by Crippen LogP contribution is -2.37. The topological polar surface area (TPSA) is 84.2 Å². The molecule has 0 unspecified atom stereocenters. The minimum Gasteiger partial charge on any atom is -0.401 e. The third-order valence-corrected chi connectivity index (χ3v) is 1.28. The second kappa shape index (κ2) is 6.05. The second-order valence-electron chi connectivity index (χ2n) is 2.57. The molecule has 0 bridgehead atoms. The van der Waals surface area contributed by atoms with Crippen LogP contribution in [0.1, 0.15) is 13.3 Å². The molecule has 0 fully saturated rings. The number of carbonyl (C=O) groups is 2. The average molecular weight is 185 g/mol. The molecule has 5 nitrogen and oxygen atoms in total. The maximum absolute atomic E-state index is 10.9. The molecule has 0 saturated carbocycles. The first-order chi connectivity index (χ1) is 6.06. The molecule has 0 aliphatic carbocycles. The van der Waals surface area contributed by atoms with Gasteiger partial charge in [0, 0.05) is 12.1 Å². The molecule has 2 amide bonds. The molecule has 0 radical (unpaired) electrons. The summed E-state index contributed by atoms with van der Waals surface area (Å²) in [6.07, 6.45) is 0.372. The van der Waals surface area contributed by atoms with E-state index in [0.717, 1.165) is 0 Å². The van der Waals surface area contributed by atoms with E-state index in [2.05, 4.69) is 17.2 Å². The van der Waals surface area contributed by atoms with Gasteiger partial charge in [-0.15, -0.1) is 0 Å². The molecule has 74 valence electrons. The Bertz CT molecular complexity index is 213. The lowest BCUT2D eigenvalue weighted by molar-refractivity contribution is -0.125. The quantitative estimate of drug-likeness (QED) is 0.519. The number of nitrogens with one attached hydrogen (secondary N) is 2. The van der Waals surface area contributed by atoms with Crippen molar-refractivity contribution in [1.82, 2.24) is 10.6 Å². The highest BCUT2D eigenvalue weighted by atomic mass is 16.2. The third-order valence-electron chi connectivity index (χ3n) is 1.28. The number of hydrogen-bond donors (Lipinski definition) is 3. The van der Waals surface area contributed by atoms with Crippen LogP contribution in [0.25, 0.3) is 0 Å². The molecule has 0 heterocycles. The minimum atomic E-state index is -0.270. The number of rotatable bonds is 5. The van der Waals surface area contributed by atoms with E-state index < -0.39 is 0 Å². The molecular formula is C8H15N3O2. The van der Waals surface area contributed by atoms with Crippen LogP contribution in [0.3, 0.4) is 0 Å². The summed E-state index contributed by atoms with van der Waals surface area (Å²) >= 11 is 0. The van der Waals surface area contributed by atoms with Gasteiger partial charge in [-0.1, -0.05) is 13.5 Å². The van der Waals surface area contributed by atoms with Gasteiger partial charge in [-0.05, 0) is 0 Å². The maximum atomic E-state index is 10.9. The predicted octanol–water partition coefficient (Wildman–Crippen LogP) is -0.899.